The van der Waals surface area contributed by atoms with E-state index in [9.17, 15) is 9.59 Å². The van der Waals surface area contributed by atoms with Crippen LogP contribution in [0.2, 0.25) is 0 Å². The van der Waals surface area contributed by atoms with Crippen LogP contribution in [0.25, 0.3) is 0 Å². The highest BCUT2D eigenvalue weighted by molar-refractivity contribution is 5.78. The summed E-state index contributed by atoms with van der Waals surface area (Å²) in [6, 6.07) is 0. The van der Waals surface area contributed by atoms with Gasteiger partial charge in [-0.1, -0.05) is 13.8 Å². The van der Waals surface area contributed by atoms with Crippen molar-refractivity contribution in [2.75, 3.05) is 26.7 Å². The Morgan fingerprint density at radius 2 is 1.71 bits per heavy atom. The fourth-order valence-corrected chi connectivity index (χ4v) is 0.863. The molecular formula is C10H21NO3. The lowest BCUT2D eigenvalue weighted by Gasteiger charge is -2.12. The number of carbonyl (C=O) groups excluding carboxylic acids is 2. The van der Waals surface area contributed by atoms with E-state index in [1.165, 1.54) is 6.92 Å². The van der Waals surface area contributed by atoms with Gasteiger partial charge in [0.1, 0.15) is 5.78 Å². The molecule has 14 heavy (non-hydrogen) atoms. The number of ketones is 1. The van der Waals surface area contributed by atoms with E-state index in [4.69, 9.17) is 4.74 Å². The van der Waals surface area contributed by atoms with Crippen molar-refractivity contribution in [2.45, 2.75) is 27.7 Å². The Morgan fingerprint density at radius 3 is 2.07 bits per heavy atom. The van der Waals surface area contributed by atoms with Gasteiger partial charge in [-0.25, -0.2) is 0 Å². The van der Waals surface area contributed by atoms with Crippen molar-refractivity contribution in [2.24, 2.45) is 0 Å². The summed E-state index contributed by atoms with van der Waals surface area (Å²) in [7, 11) is 1.71. The molecule has 0 radical (unpaired) electrons. The van der Waals surface area contributed by atoms with Crippen molar-refractivity contribution in [1.29, 1.82) is 0 Å². The number of rotatable bonds is 5. The molecule has 0 rings (SSSR count). The zero-order valence-electron chi connectivity index (χ0n) is 9.79. The van der Waals surface area contributed by atoms with E-state index in [0.29, 0.717) is 13.2 Å². The molecule has 0 amide bonds. The molecule has 0 heterocycles. The highest BCUT2D eigenvalue weighted by atomic mass is 16.5. The van der Waals surface area contributed by atoms with Gasteiger partial charge in [-0.3, -0.25) is 14.5 Å². The number of Topliss-reactive ketones (excluding diaryl/α,β-unsaturated/α-hetero) is 1. The van der Waals surface area contributed by atoms with Crippen LogP contribution in [0.3, 0.4) is 0 Å². The summed E-state index contributed by atoms with van der Waals surface area (Å²) < 4.78 is 4.70. The first-order chi connectivity index (χ1) is 6.56. The van der Waals surface area contributed by atoms with Crippen LogP contribution in [0.1, 0.15) is 27.7 Å². The van der Waals surface area contributed by atoms with Crippen molar-refractivity contribution in [3.8, 4) is 0 Å². The molecule has 0 aliphatic rings. The molecule has 84 valence electrons. The largest absolute Gasteiger partial charge is 0.465 e. The first kappa shape index (κ1) is 15.6. The fourth-order valence-electron chi connectivity index (χ4n) is 0.863. The summed E-state index contributed by atoms with van der Waals surface area (Å²) >= 11 is 0. The molecule has 0 spiro atoms. The van der Waals surface area contributed by atoms with E-state index in [0.717, 1.165) is 0 Å². The van der Waals surface area contributed by atoms with Crippen LogP contribution in [0.4, 0.5) is 0 Å². The summed E-state index contributed by atoms with van der Waals surface area (Å²) in [6.07, 6.45) is 0. The topological polar surface area (TPSA) is 46.6 Å². The molecule has 4 heteroatoms. The van der Waals surface area contributed by atoms with Crippen molar-refractivity contribution in [3.63, 3.8) is 0 Å². The van der Waals surface area contributed by atoms with Crippen molar-refractivity contribution in [1.82, 2.24) is 4.90 Å². The van der Waals surface area contributed by atoms with E-state index >= 15 is 0 Å². The van der Waals surface area contributed by atoms with Crippen molar-refractivity contribution >= 4 is 11.8 Å². The molecule has 0 aliphatic heterocycles. The molecule has 0 aromatic carbocycles. The average molecular weight is 203 g/mol. The molecule has 0 bridgehead atoms. The highest BCUT2D eigenvalue weighted by Crippen LogP contribution is 1.86. The Balaban J connectivity index is 0. The molecule has 0 aliphatic carbocycles. The Labute approximate surface area is 86.2 Å². The minimum Gasteiger partial charge on any atom is -0.465 e. The van der Waals surface area contributed by atoms with Crippen LogP contribution in [0.15, 0.2) is 0 Å². The van der Waals surface area contributed by atoms with Crippen LogP contribution in [-0.2, 0) is 14.3 Å². The second kappa shape index (κ2) is 10.2. The molecule has 0 unspecified atom stereocenters. The lowest BCUT2D eigenvalue weighted by molar-refractivity contribution is -0.144. The van der Waals surface area contributed by atoms with Crippen LogP contribution >= 0.6 is 0 Å². The minimum absolute atomic E-state index is 0.0433. The van der Waals surface area contributed by atoms with Gasteiger partial charge in [-0.2, -0.15) is 0 Å². The number of likely N-dealkylation sites (N-methyl/N-ethyl adjacent to an activating group) is 1. The summed E-state index contributed by atoms with van der Waals surface area (Å²) in [5.41, 5.74) is 0. The van der Waals surface area contributed by atoms with Gasteiger partial charge in [-0.05, 0) is 20.9 Å². The smallest absolute Gasteiger partial charge is 0.320 e. The Hall–Kier alpha value is -0.900. The van der Waals surface area contributed by atoms with E-state index in [-0.39, 0.29) is 18.3 Å². The van der Waals surface area contributed by atoms with E-state index in [1.54, 1.807) is 18.9 Å². The van der Waals surface area contributed by atoms with Gasteiger partial charge in [-0.15, -0.1) is 0 Å². The number of hydrogen-bond donors (Lipinski definition) is 0. The van der Waals surface area contributed by atoms with Gasteiger partial charge in [0, 0.05) is 0 Å². The number of ether oxygens (including phenoxy) is 1. The molecule has 4 nitrogen and oxygen atoms in total. The Morgan fingerprint density at radius 1 is 1.21 bits per heavy atom. The Kier molecular flexibility index (Phi) is 11.3. The van der Waals surface area contributed by atoms with Crippen LogP contribution in [-0.4, -0.2) is 43.4 Å². The predicted molar refractivity (Wildman–Crippen MR) is 56.2 cm³/mol. The lowest BCUT2D eigenvalue weighted by atomic mass is 10.4. The van der Waals surface area contributed by atoms with Crippen molar-refractivity contribution in [3.05, 3.63) is 0 Å². The van der Waals surface area contributed by atoms with Gasteiger partial charge >= 0.3 is 5.97 Å². The van der Waals surface area contributed by atoms with Crippen LogP contribution in [0.5, 0.6) is 0 Å². The zero-order chi connectivity index (χ0) is 11.6. The maximum Gasteiger partial charge on any atom is 0.320 e. The van der Waals surface area contributed by atoms with Gasteiger partial charge in [0.2, 0.25) is 0 Å². The van der Waals surface area contributed by atoms with Crippen LogP contribution in [0, 0.1) is 0 Å². The number of nitrogens with zero attached hydrogens (tertiary/aromatic N) is 1. The molecule has 0 atom stereocenters. The highest BCUT2D eigenvalue weighted by Gasteiger charge is 2.07. The number of hydrogen-bond acceptors (Lipinski definition) is 4. The van der Waals surface area contributed by atoms with Gasteiger partial charge < -0.3 is 4.74 Å². The van der Waals surface area contributed by atoms with Gasteiger partial charge in [0.15, 0.2) is 0 Å². The fraction of sp³-hybridized carbons (Fsp3) is 0.800. The summed E-state index contributed by atoms with van der Waals surface area (Å²) in [5, 5.41) is 0. The first-order valence-electron chi connectivity index (χ1n) is 4.89. The molecule has 0 saturated carbocycles. The third-order valence-electron chi connectivity index (χ3n) is 1.20. The molecule has 0 N–H and O–H groups in total. The Bertz CT molecular complexity index is 169. The molecule has 0 aromatic heterocycles. The normalized spacial score (nSPS) is 9.00. The van der Waals surface area contributed by atoms with E-state index in [2.05, 4.69) is 0 Å². The molecular weight excluding hydrogens is 182 g/mol. The predicted octanol–water partition coefficient (Wildman–Crippen LogP) is 1.10. The standard InChI is InChI=1S/C8H15NO3.C2H6/c1-4-12-8(11)6-9(3)5-7(2)10;1-2/h4-6H2,1-3H3;1-2H3. The quantitative estimate of drug-likeness (QED) is 0.628. The molecule has 0 saturated heterocycles. The maximum atomic E-state index is 10.9. The number of esters is 1. The zero-order valence-corrected chi connectivity index (χ0v) is 9.79. The summed E-state index contributed by atoms with van der Waals surface area (Å²) in [6.45, 7) is 8.09. The third-order valence-corrected chi connectivity index (χ3v) is 1.20. The minimum atomic E-state index is -0.291. The summed E-state index contributed by atoms with van der Waals surface area (Å²) in [4.78, 5) is 23.1. The third kappa shape index (κ3) is 11.1. The van der Waals surface area contributed by atoms with Crippen LogP contribution < -0.4 is 0 Å². The average Bonchev–Trinajstić information content (AvgIpc) is 2.06. The first-order valence-corrected chi connectivity index (χ1v) is 4.89. The van der Waals surface area contributed by atoms with Gasteiger partial charge in [0.25, 0.3) is 0 Å². The molecule has 0 aromatic rings. The summed E-state index contributed by atoms with van der Waals surface area (Å²) in [5.74, 6) is -0.247. The van der Waals surface area contributed by atoms with Gasteiger partial charge in [0.05, 0.1) is 19.7 Å². The molecule has 0 fully saturated rings. The van der Waals surface area contributed by atoms with Crippen molar-refractivity contribution < 1.29 is 14.3 Å². The monoisotopic (exact) mass is 203 g/mol. The lowest BCUT2D eigenvalue weighted by Crippen LogP contribution is -2.31. The number of carbonyl (C=O) groups is 2. The second-order valence-electron chi connectivity index (χ2n) is 2.68. The van der Waals surface area contributed by atoms with E-state index < -0.39 is 0 Å². The SMILES string of the molecule is CC.CCOC(=O)CN(C)CC(C)=O. The maximum absolute atomic E-state index is 10.9. The second-order valence-corrected chi connectivity index (χ2v) is 2.68. The van der Waals surface area contributed by atoms with E-state index in [1.807, 2.05) is 13.8 Å².